The Morgan fingerprint density at radius 3 is 1.54 bits per heavy atom. The van der Waals surface area contributed by atoms with Crippen LogP contribution in [-0.2, 0) is 4.79 Å². The van der Waals surface area contributed by atoms with Crippen molar-refractivity contribution in [1.82, 2.24) is 5.32 Å². The van der Waals surface area contributed by atoms with E-state index in [1.54, 1.807) is 0 Å². The van der Waals surface area contributed by atoms with E-state index in [0.29, 0.717) is 6.42 Å². The van der Waals surface area contributed by atoms with Gasteiger partial charge >= 0.3 is 0 Å². The van der Waals surface area contributed by atoms with Gasteiger partial charge in [-0.3, -0.25) is 4.79 Å². The van der Waals surface area contributed by atoms with Crippen molar-refractivity contribution < 1.29 is 4.79 Å². The summed E-state index contributed by atoms with van der Waals surface area (Å²) in [4.78, 5) is 11.8. The average molecular weight is 369 g/mol. The SMILES string of the molecule is CCCCCCCCCCCCCCCC(=O)NCCCCCCCN. The van der Waals surface area contributed by atoms with Gasteiger partial charge < -0.3 is 11.1 Å². The van der Waals surface area contributed by atoms with Crippen molar-refractivity contribution >= 4 is 5.91 Å². The first-order valence-electron chi connectivity index (χ1n) is 11.8. The van der Waals surface area contributed by atoms with Crippen LogP contribution in [0.4, 0.5) is 0 Å². The molecule has 0 aliphatic carbocycles. The minimum absolute atomic E-state index is 0.245. The molecular formula is C23H48N2O. The number of nitrogens with two attached hydrogens (primary N) is 1. The molecule has 0 bridgehead atoms. The van der Waals surface area contributed by atoms with E-state index in [4.69, 9.17) is 5.73 Å². The Bertz CT molecular complexity index is 281. The molecule has 0 spiro atoms. The van der Waals surface area contributed by atoms with Gasteiger partial charge in [-0.1, -0.05) is 103 Å². The maximum absolute atomic E-state index is 11.8. The zero-order valence-corrected chi connectivity index (χ0v) is 17.8. The molecule has 3 nitrogen and oxygen atoms in total. The lowest BCUT2D eigenvalue weighted by Crippen LogP contribution is -2.23. The van der Waals surface area contributed by atoms with E-state index in [-0.39, 0.29) is 5.91 Å². The summed E-state index contributed by atoms with van der Waals surface area (Å²) in [6.45, 7) is 3.93. The van der Waals surface area contributed by atoms with Crippen molar-refractivity contribution in [3.8, 4) is 0 Å². The molecule has 0 saturated carbocycles. The lowest BCUT2D eigenvalue weighted by molar-refractivity contribution is -0.121. The Labute approximate surface area is 164 Å². The van der Waals surface area contributed by atoms with Gasteiger partial charge in [-0.05, 0) is 25.8 Å². The molecule has 1 amide bonds. The van der Waals surface area contributed by atoms with Crippen molar-refractivity contribution in [2.24, 2.45) is 5.73 Å². The molecule has 3 heteroatoms. The van der Waals surface area contributed by atoms with E-state index in [2.05, 4.69) is 12.2 Å². The fourth-order valence-corrected chi connectivity index (χ4v) is 3.42. The minimum Gasteiger partial charge on any atom is -0.356 e. The maximum Gasteiger partial charge on any atom is 0.219 e. The summed E-state index contributed by atoms with van der Waals surface area (Å²) in [6, 6.07) is 0. The highest BCUT2D eigenvalue weighted by Gasteiger charge is 2.00. The van der Waals surface area contributed by atoms with E-state index in [1.165, 1.54) is 96.3 Å². The molecule has 156 valence electrons. The van der Waals surface area contributed by atoms with Crippen LogP contribution in [0.15, 0.2) is 0 Å². The molecule has 0 heterocycles. The van der Waals surface area contributed by atoms with E-state index in [1.807, 2.05) is 0 Å². The fraction of sp³-hybridized carbons (Fsp3) is 0.957. The molecular weight excluding hydrogens is 320 g/mol. The number of carbonyl (C=O) groups is 1. The Hall–Kier alpha value is -0.570. The van der Waals surface area contributed by atoms with Gasteiger partial charge in [0.05, 0.1) is 0 Å². The standard InChI is InChI=1S/C23H48N2O/c1-2-3-4-5-6-7-8-9-10-11-12-14-17-20-23(26)25-22-19-16-13-15-18-21-24/h2-22,24H2,1H3,(H,25,26). The molecule has 0 fully saturated rings. The number of nitrogens with one attached hydrogen (secondary N) is 1. The van der Waals surface area contributed by atoms with Crippen molar-refractivity contribution in [2.45, 2.75) is 129 Å². The molecule has 0 radical (unpaired) electrons. The molecule has 0 aliphatic heterocycles. The van der Waals surface area contributed by atoms with Crippen molar-refractivity contribution in [3.05, 3.63) is 0 Å². The lowest BCUT2D eigenvalue weighted by atomic mass is 10.0. The Morgan fingerprint density at radius 2 is 1.04 bits per heavy atom. The van der Waals surface area contributed by atoms with E-state index in [0.717, 1.165) is 32.4 Å². The number of hydrogen-bond donors (Lipinski definition) is 2. The summed E-state index contributed by atoms with van der Waals surface area (Å²) in [5.41, 5.74) is 5.47. The van der Waals surface area contributed by atoms with Crippen LogP contribution in [-0.4, -0.2) is 19.0 Å². The Morgan fingerprint density at radius 1 is 0.615 bits per heavy atom. The van der Waals surface area contributed by atoms with Crippen LogP contribution in [0.2, 0.25) is 0 Å². The molecule has 3 N–H and O–H groups in total. The first-order chi connectivity index (χ1) is 12.8. The maximum atomic E-state index is 11.8. The van der Waals surface area contributed by atoms with E-state index < -0.39 is 0 Å². The normalized spacial score (nSPS) is 11.0. The van der Waals surface area contributed by atoms with Gasteiger partial charge in [0.1, 0.15) is 0 Å². The molecule has 0 aromatic carbocycles. The van der Waals surface area contributed by atoms with Crippen LogP contribution >= 0.6 is 0 Å². The number of rotatable bonds is 21. The van der Waals surface area contributed by atoms with Gasteiger partial charge in [-0.25, -0.2) is 0 Å². The highest BCUT2D eigenvalue weighted by atomic mass is 16.1. The summed E-state index contributed by atoms with van der Waals surface area (Å²) < 4.78 is 0. The molecule has 0 rings (SSSR count). The quantitative estimate of drug-likeness (QED) is 0.227. The van der Waals surface area contributed by atoms with Crippen LogP contribution in [0, 0.1) is 0 Å². The second kappa shape index (κ2) is 22.5. The van der Waals surface area contributed by atoms with E-state index in [9.17, 15) is 4.79 Å². The first-order valence-corrected chi connectivity index (χ1v) is 11.8. The number of hydrogen-bond acceptors (Lipinski definition) is 2. The van der Waals surface area contributed by atoms with Gasteiger partial charge in [0.25, 0.3) is 0 Å². The van der Waals surface area contributed by atoms with Crippen molar-refractivity contribution in [3.63, 3.8) is 0 Å². The first kappa shape index (κ1) is 25.4. The Kier molecular flexibility index (Phi) is 22.0. The van der Waals surface area contributed by atoms with Crippen LogP contribution in [0.25, 0.3) is 0 Å². The summed E-state index contributed by atoms with van der Waals surface area (Å²) in [6.07, 6.45) is 24.2. The third-order valence-corrected chi connectivity index (χ3v) is 5.21. The zero-order valence-electron chi connectivity index (χ0n) is 17.8. The topological polar surface area (TPSA) is 55.1 Å². The summed E-state index contributed by atoms with van der Waals surface area (Å²) in [5.74, 6) is 0.245. The zero-order chi connectivity index (χ0) is 19.1. The third-order valence-electron chi connectivity index (χ3n) is 5.21. The van der Waals surface area contributed by atoms with Gasteiger partial charge in [0, 0.05) is 13.0 Å². The second-order valence-electron chi connectivity index (χ2n) is 7.90. The van der Waals surface area contributed by atoms with Gasteiger partial charge in [-0.15, -0.1) is 0 Å². The molecule has 0 atom stereocenters. The van der Waals surface area contributed by atoms with Crippen molar-refractivity contribution in [2.75, 3.05) is 13.1 Å². The number of unbranched alkanes of at least 4 members (excludes halogenated alkanes) is 16. The second-order valence-corrected chi connectivity index (χ2v) is 7.90. The van der Waals surface area contributed by atoms with Gasteiger partial charge in [-0.2, -0.15) is 0 Å². The van der Waals surface area contributed by atoms with Crippen LogP contribution in [0.5, 0.6) is 0 Å². The largest absolute Gasteiger partial charge is 0.356 e. The molecule has 0 aromatic heterocycles. The van der Waals surface area contributed by atoms with Gasteiger partial charge in [0.15, 0.2) is 0 Å². The number of carbonyl (C=O) groups excluding carboxylic acids is 1. The third kappa shape index (κ3) is 21.5. The van der Waals surface area contributed by atoms with Crippen LogP contribution < -0.4 is 11.1 Å². The summed E-state index contributed by atoms with van der Waals surface area (Å²) >= 11 is 0. The molecule has 0 saturated heterocycles. The average Bonchev–Trinajstić information content (AvgIpc) is 2.64. The monoisotopic (exact) mass is 368 g/mol. The number of amides is 1. The molecule has 0 aromatic rings. The minimum atomic E-state index is 0.245. The molecule has 26 heavy (non-hydrogen) atoms. The van der Waals surface area contributed by atoms with Crippen LogP contribution in [0.1, 0.15) is 129 Å². The predicted molar refractivity (Wildman–Crippen MR) is 115 cm³/mol. The van der Waals surface area contributed by atoms with Crippen LogP contribution in [0.3, 0.4) is 0 Å². The van der Waals surface area contributed by atoms with Gasteiger partial charge in [0.2, 0.25) is 5.91 Å². The highest BCUT2D eigenvalue weighted by Crippen LogP contribution is 2.12. The van der Waals surface area contributed by atoms with Crippen molar-refractivity contribution in [1.29, 1.82) is 0 Å². The Balaban J connectivity index is 3.12. The molecule has 0 unspecified atom stereocenters. The fourth-order valence-electron chi connectivity index (χ4n) is 3.42. The lowest BCUT2D eigenvalue weighted by Gasteiger charge is -2.05. The highest BCUT2D eigenvalue weighted by molar-refractivity contribution is 5.75. The smallest absolute Gasteiger partial charge is 0.219 e. The summed E-state index contributed by atoms with van der Waals surface area (Å²) in [5, 5.41) is 3.05. The predicted octanol–water partition coefficient (Wildman–Crippen LogP) is 6.49. The van der Waals surface area contributed by atoms with E-state index >= 15 is 0 Å². The molecule has 0 aliphatic rings. The summed E-state index contributed by atoms with van der Waals surface area (Å²) in [7, 11) is 0.